The highest BCUT2D eigenvalue weighted by molar-refractivity contribution is 5.06. The fraction of sp³-hybridized carbons (Fsp3) is 0.714. The Morgan fingerprint density at radius 3 is 2.61 bits per heavy atom. The standard InChI is InChI=1S/C14H23N3O/c1-2-8-17(7-1)13(14-4-3-11-18-14)12-16-9-5-15-6-10-16/h3-4,11,13,15H,1-2,5-10,12H2. The molecule has 1 aromatic rings. The molecule has 0 amide bonds. The zero-order chi connectivity index (χ0) is 12.2. The summed E-state index contributed by atoms with van der Waals surface area (Å²) in [6, 6.07) is 4.59. The van der Waals surface area contributed by atoms with Crippen LogP contribution in [0.15, 0.2) is 22.8 Å². The quantitative estimate of drug-likeness (QED) is 0.872. The normalized spacial score (nSPS) is 24.4. The molecule has 100 valence electrons. The number of nitrogens with one attached hydrogen (secondary N) is 1. The largest absolute Gasteiger partial charge is 0.468 e. The van der Waals surface area contributed by atoms with Gasteiger partial charge in [0.15, 0.2) is 0 Å². The molecule has 2 aliphatic heterocycles. The number of hydrogen-bond acceptors (Lipinski definition) is 4. The van der Waals surface area contributed by atoms with E-state index in [1.54, 1.807) is 6.26 Å². The molecule has 3 heterocycles. The van der Waals surface area contributed by atoms with Crippen LogP contribution in [0.4, 0.5) is 0 Å². The van der Waals surface area contributed by atoms with Gasteiger partial charge in [0.25, 0.3) is 0 Å². The van der Waals surface area contributed by atoms with Crippen LogP contribution >= 0.6 is 0 Å². The van der Waals surface area contributed by atoms with Crippen molar-refractivity contribution >= 4 is 0 Å². The predicted molar refractivity (Wildman–Crippen MR) is 71.6 cm³/mol. The van der Waals surface area contributed by atoms with E-state index in [0.29, 0.717) is 6.04 Å². The molecule has 0 saturated carbocycles. The number of likely N-dealkylation sites (tertiary alicyclic amines) is 1. The van der Waals surface area contributed by atoms with E-state index in [9.17, 15) is 0 Å². The Kier molecular flexibility index (Phi) is 3.98. The average molecular weight is 249 g/mol. The van der Waals surface area contributed by atoms with Crippen molar-refractivity contribution in [3.8, 4) is 0 Å². The molecule has 18 heavy (non-hydrogen) atoms. The van der Waals surface area contributed by atoms with E-state index < -0.39 is 0 Å². The highest BCUT2D eigenvalue weighted by Gasteiger charge is 2.27. The lowest BCUT2D eigenvalue weighted by Gasteiger charge is -2.34. The summed E-state index contributed by atoms with van der Waals surface area (Å²) in [5.41, 5.74) is 0. The maximum Gasteiger partial charge on any atom is 0.122 e. The molecule has 1 unspecified atom stereocenters. The molecule has 1 atom stereocenters. The van der Waals surface area contributed by atoms with Gasteiger partial charge in [-0.1, -0.05) is 0 Å². The van der Waals surface area contributed by atoms with Gasteiger partial charge in [-0.3, -0.25) is 9.80 Å². The topological polar surface area (TPSA) is 31.7 Å². The van der Waals surface area contributed by atoms with Crippen LogP contribution in [0, 0.1) is 0 Å². The molecule has 0 radical (unpaired) electrons. The van der Waals surface area contributed by atoms with Gasteiger partial charge in [-0.2, -0.15) is 0 Å². The van der Waals surface area contributed by atoms with Gasteiger partial charge in [-0.05, 0) is 38.1 Å². The highest BCUT2D eigenvalue weighted by Crippen LogP contribution is 2.26. The SMILES string of the molecule is c1coc(C(CN2CCNCC2)N2CCCC2)c1. The first kappa shape index (κ1) is 12.2. The zero-order valence-corrected chi connectivity index (χ0v) is 11.0. The fourth-order valence-electron chi connectivity index (χ4n) is 3.06. The molecule has 3 rings (SSSR count). The minimum Gasteiger partial charge on any atom is -0.468 e. The first-order valence-corrected chi connectivity index (χ1v) is 7.14. The summed E-state index contributed by atoms with van der Waals surface area (Å²) >= 11 is 0. The summed E-state index contributed by atoms with van der Waals surface area (Å²) in [5.74, 6) is 1.13. The van der Waals surface area contributed by atoms with Gasteiger partial charge >= 0.3 is 0 Å². The molecular formula is C14H23N3O. The van der Waals surface area contributed by atoms with E-state index in [4.69, 9.17) is 4.42 Å². The number of furan rings is 1. The average Bonchev–Trinajstić information content (AvgIpc) is 3.11. The van der Waals surface area contributed by atoms with Crippen molar-refractivity contribution in [2.45, 2.75) is 18.9 Å². The lowest BCUT2D eigenvalue weighted by atomic mass is 10.1. The smallest absolute Gasteiger partial charge is 0.122 e. The summed E-state index contributed by atoms with van der Waals surface area (Å²) in [4.78, 5) is 5.14. The summed E-state index contributed by atoms with van der Waals surface area (Å²) in [6.07, 6.45) is 4.47. The minimum absolute atomic E-state index is 0.445. The van der Waals surface area contributed by atoms with Crippen LogP contribution in [0.25, 0.3) is 0 Å². The van der Waals surface area contributed by atoms with Crippen molar-refractivity contribution in [1.82, 2.24) is 15.1 Å². The molecule has 1 N–H and O–H groups in total. The van der Waals surface area contributed by atoms with Crippen LogP contribution in [0.3, 0.4) is 0 Å². The van der Waals surface area contributed by atoms with Gasteiger partial charge in [0.1, 0.15) is 5.76 Å². The Labute approximate surface area is 109 Å². The summed E-state index contributed by atoms with van der Waals surface area (Å²) in [5, 5.41) is 3.41. The van der Waals surface area contributed by atoms with E-state index >= 15 is 0 Å². The van der Waals surface area contributed by atoms with Gasteiger partial charge < -0.3 is 9.73 Å². The van der Waals surface area contributed by atoms with Crippen molar-refractivity contribution in [3.63, 3.8) is 0 Å². The van der Waals surface area contributed by atoms with Gasteiger partial charge in [-0.25, -0.2) is 0 Å². The van der Waals surface area contributed by atoms with Crippen LogP contribution < -0.4 is 5.32 Å². The molecule has 0 aromatic carbocycles. The van der Waals surface area contributed by atoms with E-state index in [0.717, 1.165) is 38.5 Å². The molecule has 2 fully saturated rings. The first-order chi connectivity index (χ1) is 8.93. The Morgan fingerprint density at radius 1 is 1.17 bits per heavy atom. The molecule has 4 heteroatoms. The minimum atomic E-state index is 0.445. The van der Waals surface area contributed by atoms with Crippen molar-refractivity contribution in [2.24, 2.45) is 0 Å². The number of piperazine rings is 1. The van der Waals surface area contributed by atoms with Gasteiger partial charge in [-0.15, -0.1) is 0 Å². The molecule has 0 spiro atoms. The third kappa shape index (κ3) is 2.76. The van der Waals surface area contributed by atoms with E-state index in [-0.39, 0.29) is 0 Å². The first-order valence-electron chi connectivity index (χ1n) is 7.14. The molecule has 1 aromatic heterocycles. The van der Waals surface area contributed by atoms with Gasteiger partial charge in [0.05, 0.1) is 12.3 Å². The van der Waals surface area contributed by atoms with Crippen molar-refractivity contribution < 1.29 is 4.42 Å². The Bertz CT molecular complexity index is 340. The van der Waals surface area contributed by atoms with Crippen molar-refractivity contribution in [1.29, 1.82) is 0 Å². The number of hydrogen-bond donors (Lipinski definition) is 1. The molecule has 2 aliphatic rings. The van der Waals surface area contributed by atoms with Crippen LogP contribution in [-0.4, -0.2) is 55.6 Å². The van der Waals surface area contributed by atoms with Gasteiger partial charge in [0.2, 0.25) is 0 Å². The van der Waals surface area contributed by atoms with Crippen LogP contribution in [0.5, 0.6) is 0 Å². The molecule has 0 aliphatic carbocycles. The maximum atomic E-state index is 5.67. The highest BCUT2D eigenvalue weighted by atomic mass is 16.3. The van der Waals surface area contributed by atoms with Crippen molar-refractivity contribution in [2.75, 3.05) is 45.8 Å². The second-order valence-corrected chi connectivity index (χ2v) is 5.32. The Balaban J connectivity index is 1.68. The van der Waals surface area contributed by atoms with E-state index in [2.05, 4.69) is 21.2 Å². The third-order valence-corrected chi connectivity index (χ3v) is 4.09. The zero-order valence-electron chi connectivity index (χ0n) is 11.0. The molecule has 0 bridgehead atoms. The second kappa shape index (κ2) is 5.87. The second-order valence-electron chi connectivity index (χ2n) is 5.32. The lowest BCUT2D eigenvalue weighted by molar-refractivity contribution is 0.134. The maximum absolute atomic E-state index is 5.67. The molecule has 4 nitrogen and oxygen atoms in total. The molecule has 2 saturated heterocycles. The van der Waals surface area contributed by atoms with E-state index in [1.807, 2.05) is 6.07 Å². The Hall–Kier alpha value is -0.840. The van der Waals surface area contributed by atoms with Crippen molar-refractivity contribution in [3.05, 3.63) is 24.2 Å². The molecular weight excluding hydrogens is 226 g/mol. The summed E-state index contributed by atoms with van der Waals surface area (Å²) in [7, 11) is 0. The third-order valence-electron chi connectivity index (χ3n) is 4.09. The number of nitrogens with zero attached hydrogens (tertiary/aromatic N) is 2. The summed E-state index contributed by atoms with van der Waals surface area (Å²) < 4.78 is 5.67. The number of rotatable bonds is 4. The Morgan fingerprint density at radius 2 is 1.94 bits per heavy atom. The van der Waals surface area contributed by atoms with Crippen LogP contribution in [-0.2, 0) is 0 Å². The van der Waals surface area contributed by atoms with Gasteiger partial charge in [0, 0.05) is 32.7 Å². The van der Waals surface area contributed by atoms with Crippen LogP contribution in [0.2, 0.25) is 0 Å². The van der Waals surface area contributed by atoms with E-state index in [1.165, 1.54) is 25.9 Å². The monoisotopic (exact) mass is 249 g/mol. The van der Waals surface area contributed by atoms with Crippen LogP contribution in [0.1, 0.15) is 24.6 Å². The summed E-state index contributed by atoms with van der Waals surface area (Å²) in [6.45, 7) is 8.09. The predicted octanol–water partition coefficient (Wildman–Crippen LogP) is 1.32. The lowest BCUT2D eigenvalue weighted by Crippen LogP contribution is -2.47. The fourth-order valence-corrected chi connectivity index (χ4v) is 3.06.